The van der Waals surface area contributed by atoms with Crippen LogP contribution < -0.4 is 0 Å². The molecule has 1 aliphatic heterocycles. The van der Waals surface area contributed by atoms with Gasteiger partial charge in [0.05, 0.1) is 0 Å². The second kappa shape index (κ2) is 4.13. The quantitative estimate of drug-likeness (QED) is 0.669. The lowest BCUT2D eigenvalue weighted by Gasteiger charge is -2.02. The van der Waals surface area contributed by atoms with Crippen LogP contribution in [0.2, 0.25) is 0 Å². The normalized spacial score (nSPS) is 19.6. The molecule has 0 aromatic carbocycles. The molecule has 1 fully saturated rings. The second-order valence-electron chi connectivity index (χ2n) is 2.37. The molecule has 0 atom stereocenters. The SMILES string of the molecule is O=C(O)CCC1CSSC1. The highest BCUT2D eigenvalue weighted by Crippen LogP contribution is 2.36. The van der Waals surface area contributed by atoms with Crippen LogP contribution in [0, 0.1) is 5.92 Å². The predicted molar refractivity (Wildman–Crippen MR) is 45.3 cm³/mol. The summed E-state index contributed by atoms with van der Waals surface area (Å²) in [4.78, 5) is 10.1. The smallest absolute Gasteiger partial charge is 0.303 e. The van der Waals surface area contributed by atoms with E-state index in [1.807, 2.05) is 21.6 Å². The monoisotopic (exact) mass is 178 g/mol. The van der Waals surface area contributed by atoms with Crippen molar-refractivity contribution >= 4 is 27.6 Å². The fourth-order valence-electron chi connectivity index (χ4n) is 0.831. The van der Waals surface area contributed by atoms with Gasteiger partial charge in [0, 0.05) is 17.9 Å². The van der Waals surface area contributed by atoms with Gasteiger partial charge in [-0.05, 0) is 12.3 Å². The van der Waals surface area contributed by atoms with Crippen LogP contribution in [-0.4, -0.2) is 22.6 Å². The molecular formula is C6H10O2S2. The maximum atomic E-state index is 10.1. The van der Waals surface area contributed by atoms with Gasteiger partial charge in [0.25, 0.3) is 0 Å². The van der Waals surface area contributed by atoms with E-state index >= 15 is 0 Å². The van der Waals surface area contributed by atoms with Gasteiger partial charge in [-0.25, -0.2) is 0 Å². The zero-order chi connectivity index (χ0) is 7.40. The van der Waals surface area contributed by atoms with Crippen LogP contribution in [0.1, 0.15) is 12.8 Å². The molecule has 0 spiro atoms. The lowest BCUT2D eigenvalue weighted by Crippen LogP contribution is -2.04. The van der Waals surface area contributed by atoms with E-state index in [1.54, 1.807) is 0 Å². The third-order valence-electron chi connectivity index (χ3n) is 1.46. The number of hydrogen-bond acceptors (Lipinski definition) is 3. The molecule has 0 saturated carbocycles. The molecule has 0 aromatic rings. The summed E-state index contributed by atoms with van der Waals surface area (Å²) >= 11 is 0. The van der Waals surface area contributed by atoms with Gasteiger partial charge < -0.3 is 5.11 Å². The Morgan fingerprint density at radius 2 is 2.10 bits per heavy atom. The summed E-state index contributed by atoms with van der Waals surface area (Å²) in [5, 5.41) is 8.36. The largest absolute Gasteiger partial charge is 0.481 e. The highest BCUT2D eigenvalue weighted by atomic mass is 33.1. The van der Waals surface area contributed by atoms with E-state index in [-0.39, 0.29) is 0 Å². The molecule has 1 aliphatic rings. The van der Waals surface area contributed by atoms with Gasteiger partial charge in [-0.2, -0.15) is 0 Å². The van der Waals surface area contributed by atoms with E-state index in [0.29, 0.717) is 12.3 Å². The molecule has 1 heterocycles. The van der Waals surface area contributed by atoms with Gasteiger partial charge >= 0.3 is 5.97 Å². The minimum Gasteiger partial charge on any atom is -0.481 e. The van der Waals surface area contributed by atoms with Crippen molar-refractivity contribution in [1.29, 1.82) is 0 Å². The molecule has 0 bridgehead atoms. The Hall–Kier alpha value is 0.170. The summed E-state index contributed by atoms with van der Waals surface area (Å²) in [5.74, 6) is 2.25. The Labute approximate surface area is 68.2 Å². The van der Waals surface area contributed by atoms with E-state index in [0.717, 1.165) is 17.9 Å². The van der Waals surface area contributed by atoms with E-state index in [9.17, 15) is 4.79 Å². The molecule has 1 N–H and O–H groups in total. The lowest BCUT2D eigenvalue weighted by atomic mass is 10.1. The third kappa shape index (κ3) is 2.84. The summed E-state index contributed by atoms with van der Waals surface area (Å²) < 4.78 is 0. The van der Waals surface area contributed by atoms with E-state index in [4.69, 9.17) is 5.11 Å². The molecule has 0 aromatic heterocycles. The van der Waals surface area contributed by atoms with Crippen molar-refractivity contribution in [2.75, 3.05) is 11.5 Å². The molecular weight excluding hydrogens is 168 g/mol. The van der Waals surface area contributed by atoms with Gasteiger partial charge in [-0.15, -0.1) is 0 Å². The molecule has 2 nitrogen and oxygen atoms in total. The molecule has 1 rings (SSSR count). The first-order valence-corrected chi connectivity index (χ1v) is 5.74. The van der Waals surface area contributed by atoms with Gasteiger partial charge in [-0.1, -0.05) is 21.6 Å². The Balaban J connectivity index is 2.07. The van der Waals surface area contributed by atoms with Gasteiger partial charge in [0.15, 0.2) is 0 Å². The topological polar surface area (TPSA) is 37.3 Å². The number of rotatable bonds is 3. The van der Waals surface area contributed by atoms with Crippen molar-refractivity contribution in [2.45, 2.75) is 12.8 Å². The summed E-state index contributed by atoms with van der Waals surface area (Å²) in [6.45, 7) is 0. The van der Waals surface area contributed by atoms with Gasteiger partial charge in [0.1, 0.15) is 0 Å². The first kappa shape index (κ1) is 8.27. The zero-order valence-electron chi connectivity index (χ0n) is 5.58. The first-order chi connectivity index (χ1) is 4.79. The number of hydrogen-bond donors (Lipinski definition) is 1. The zero-order valence-corrected chi connectivity index (χ0v) is 7.21. The molecule has 4 heteroatoms. The molecule has 58 valence electrons. The molecule has 10 heavy (non-hydrogen) atoms. The van der Waals surface area contributed by atoms with Crippen LogP contribution in [0.25, 0.3) is 0 Å². The Morgan fingerprint density at radius 3 is 2.60 bits per heavy atom. The van der Waals surface area contributed by atoms with E-state index in [2.05, 4.69) is 0 Å². The fraction of sp³-hybridized carbons (Fsp3) is 0.833. The van der Waals surface area contributed by atoms with Crippen molar-refractivity contribution < 1.29 is 9.90 Å². The Bertz CT molecular complexity index is 121. The Kier molecular flexibility index (Phi) is 3.42. The highest BCUT2D eigenvalue weighted by Gasteiger charge is 2.16. The van der Waals surface area contributed by atoms with Crippen LogP contribution >= 0.6 is 21.6 Å². The summed E-state index contributed by atoms with van der Waals surface area (Å²) in [6, 6.07) is 0. The maximum absolute atomic E-state index is 10.1. The molecule has 1 saturated heterocycles. The number of carboxylic acids is 1. The van der Waals surface area contributed by atoms with Crippen molar-refractivity contribution in [2.24, 2.45) is 5.92 Å². The van der Waals surface area contributed by atoms with E-state index < -0.39 is 5.97 Å². The van der Waals surface area contributed by atoms with Crippen molar-refractivity contribution in [3.8, 4) is 0 Å². The fourth-order valence-corrected chi connectivity index (χ4v) is 3.86. The predicted octanol–water partition coefficient (Wildman–Crippen LogP) is 1.86. The van der Waals surface area contributed by atoms with Crippen molar-refractivity contribution in [3.63, 3.8) is 0 Å². The first-order valence-electron chi connectivity index (χ1n) is 3.25. The molecule has 0 aliphatic carbocycles. The number of carbonyl (C=O) groups is 1. The lowest BCUT2D eigenvalue weighted by molar-refractivity contribution is -0.137. The average molecular weight is 178 g/mol. The van der Waals surface area contributed by atoms with Crippen molar-refractivity contribution in [3.05, 3.63) is 0 Å². The molecule has 0 amide bonds. The van der Waals surface area contributed by atoms with Crippen LogP contribution in [0.5, 0.6) is 0 Å². The molecule has 0 unspecified atom stereocenters. The minimum atomic E-state index is -0.665. The number of aliphatic carboxylic acids is 1. The van der Waals surface area contributed by atoms with Crippen LogP contribution in [0.15, 0.2) is 0 Å². The summed E-state index contributed by atoms with van der Waals surface area (Å²) in [7, 11) is 3.72. The second-order valence-corrected chi connectivity index (χ2v) is 4.92. The van der Waals surface area contributed by atoms with Crippen LogP contribution in [0.3, 0.4) is 0 Å². The molecule has 0 radical (unpaired) electrons. The average Bonchev–Trinajstić information content (AvgIpc) is 2.34. The van der Waals surface area contributed by atoms with Gasteiger partial charge in [0.2, 0.25) is 0 Å². The Morgan fingerprint density at radius 1 is 1.50 bits per heavy atom. The summed E-state index contributed by atoms with van der Waals surface area (Å²) in [6.07, 6.45) is 1.20. The van der Waals surface area contributed by atoms with Crippen LogP contribution in [-0.2, 0) is 4.79 Å². The highest BCUT2D eigenvalue weighted by molar-refractivity contribution is 8.77. The van der Waals surface area contributed by atoms with Gasteiger partial charge in [-0.3, -0.25) is 4.79 Å². The van der Waals surface area contributed by atoms with E-state index in [1.165, 1.54) is 0 Å². The minimum absolute atomic E-state index is 0.339. The van der Waals surface area contributed by atoms with Crippen molar-refractivity contribution in [1.82, 2.24) is 0 Å². The number of carboxylic acid groups (broad SMARTS) is 1. The van der Waals surface area contributed by atoms with Crippen LogP contribution in [0.4, 0.5) is 0 Å². The summed E-state index contributed by atoms with van der Waals surface area (Å²) in [5.41, 5.74) is 0. The third-order valence-corrected chi connectivity index (χ3v) is 4.16. The standard InChI is InChI=1S/C6H10O2S2/c7-6(8)2-1-5-3-9-10-4-5/h5H,1-4H2,(H,7,8). The maximum Gasteiger partial charge on any atom is 0.303 e.